The fourth-order valence-electron chi connectivity index (χ4n) is 3.64. The highest BCUT2D eigenvalue weighted by molar-refractivity contribution is 7.14. The summed E-state index contributed by atoms with van der Waals surface area (Å²) in [6.07, 6.45) is 5.61. The van der Waals surface area contributed by atoms with Crippen LogP contribution in [-0.2, 0) is 24.2 Å². The van der Waals surface area contributed by atoms with Crippen LogP contribution < -0.4 is 10.9 Å². The van der Waals surface area contributed by atoms with E-state index >= 15 is 0 Å². The Morgan fingerprint density at radius 2 is 1.90 bits per heavy atom. The molecule has 0 aliphatic heterocycles. The number of aryl methyl sites for hydroxylation is 2. The summed E-state index contributed by atoms with van der Waals surface area (Å²) >= 11 is 1.52. The zero-order valence-electron chi connectivity index (χ0n) is 16.4. The molecule has 152 valence electrons. The number of furan rings is 1. The Bertz CT molecular complexity index is 1010. The molecule has 2 amide bonds. The molecule has 0 fully saturated rings. The zero-order valence-corrected chi connectivity index (χ0v) is 17.2. The number of nitrogens with one attached hydrogen (secondary N) is 2. The van der Waals surface area contributed by atoms with E-state index in [9.17, 15) is 9.59 Å². The van der Waals surface area contributed by atoms with Gasteiger partial charge in [0.25, 0.3) is 5.91 Å². The molecule has 1 aliphatic rings. The lowest BCUT2D eigenvalue weighted by Crippen LogP contribution is -2.41. The van der Waals surface area contributed by atoms with E-state index < -0.39 is 5.91 Å². The number of amides is 2. The third kappa shape index (κ3) is 4.21. The number of ether oxygens (including phenoxy) is 1. The van der Waals surface area contributed by atoms with Crippen molar-refractivity contribution >= 4 is 34.1 Å². The molecule has 6 nitrogen and oxygen atoms in total. The number of fused-ring (bicyclic) bond motifs is 2. The molecule has 0 radical (unpaired) electrons. The Labute approximate surface area is 173 Å². The summed E-state index contributed by atoms with van der Waals surface area (Å²) in [6, 6.07) is 9.38. The topological polar surface area (TPSA) is 80.6 Å². The van der Waals surface area contributed by atoms with Gasteiger partial charge in [-0.05, 0) is 50.3 Å². The van der Waals surface area contributed by atoms with E-state index in [4.69, 9.17) is 9.15 Å². The highest BCUT2D eigenvalue weighted by Crippen LogP contribution is 2.29. The van der Waals surface area contributed by atoms with Crippen LogP contribution >= 0.6 is 11.3 Å². The summed E-state index contributed by atoms with van der Waals surface area (Å²) < 4.78 is 11.2. The first-order chi connectivity index (χ1) is 14.2. The standard InChI is InChI=1S/C22H24N2O4S/c1-2-27-13-16-15-9-6-7-10-17(15)28-20(16)22(26)24-23-21(25)19-12-14-8-4-3-5-11-18(14)29-19/h6-7,9-10,12H,2-5,8,11,13H2,1H3,(H,23,25)(H,24,26). The second-order valence-corrected chi connectivity index (χ2v) is 8.21. The highest BCUT2D eigenvalue weighted by atomic mass is 32.1. The molecule has 0 unspecified atom stereocenters. The summed E-state index contributed by atoms with van der Waals surface area (Å²) in [4.78, 5) is 27.2. The van der Waals surface area contributed by atoms with E-state index in [0.29, 0.717) is 22.6 Å². The van der Waals surface area contributed by atoms with Gasteiger partial charge in [0.2, 0.25) is 0 Å². The zero-order chi connectivity index (χ0) is 20.2. The van der Waals surface area contributed by atoms with Gasteiger partial charge in [-0.15, -0.1) is 11.3 Å². The van der Waals surface area contributed by atoms with Crippen LogP contribution in [0, 0.1) is 0 Å². The van der Waals surface area contributed by atoms with Crippen molar-refractivity contribution in [1.82, 2.24) is 10.9 Å². The molecule has 0 spiro atoms. The Hall–Kier alpha value is -2.64. The van der Waals surface area contributed by atoms with Crippen LogP contribution in [0.15, 0.2) is 34.7 Å². The van der Waals surface area contributed by atoms with Crippen molar-refractivity contribution in [3.05, 3.63) is 57.0 Å². The lowest BCUT2D eigenvalue weighted by molar-refractivity contribution is 0.0827. The van der Waals surface area contributed by atoms with E-state index in [1.165, 1.54) is 34.6 Å². The first-order valence-corrected chi connectivity index (χ1v) is 10.8. The largest absolute Gasteiger partial charge is 0.450 e. The molecule has 1 aliphatic carbocycles. The molecule has 0 bridgehead atoms. The Balaban J connectivity index is 1.47. The average molecular weight is 413 g/mol. The van der Waals surface area contributed by atoms with Crippen LogP contribution in [0.25, 0.3) is 11.0 Å². The number of para-hydroxylation sites is 1. The minimum atomic E-state index is -0.498. The van der Waals surface area contributed by atoms with Crippen LogP contribution in [0.5, 0.6) is 0 Å². The van der Waals surface area contributed by atoms with E-state index in [-0.39, 0.29) is 18.3 Å². The van der Waals surface area contributed by atoms with Crippen LogP contribution in [0.3, 0.4) is 0 Å². The van der Waals surface area contributed by atoms with Gasteiger partial charge in [-0.25, -0.2) is 0 Å². The summed E-state index contributed by atoms with van der Waals surface area (Å²) in [7, 11) is 0. The molecular formula is C22H24N2O4S. The molecule has 2 aromatic heterocycles. The van der Waals surface area contributed by atoms with Gasteiger partial charge in [0.15, 0.2) is 5.76 Å². The normalized spacial score (nSPS) is 13.7. The van der Waals surface area contributed by atoms with Crippen molar-refractivity contribution in [2.45, 2.75) is 45.6 Å². The molecule has 1 aromatic carbocycles. The predicted molar refractivity (Wildman–Crippen MR) is 112 cm³/mol. The maximum Gasteiger partial charge on any atom is 0.305 e. The molecule has 29 heavy (non-hydrogen) atoms. The predicted octanol–water partition coefficient (Wildman–Crippen LogP) is 4.37. The van der Waals surface area contributed by atoms with Gasteiger partial charge >= 0.3 is 5.91 Å². The molecule has 0 saturated carbocycles. The van der Waals surface area contributed by atoms with Crippen LogP contribution in [-0.4, -0.2) is 18.4 Å². The molecule has 4 rings (SSSR count). The second kappa shape index (κ2) is 8.80. The van der Waals surface area contributed by atoms with Crippen LogP contribution in [0.1, 0.15) is 62.4 Å². The number of hydrogen-bond donors (Lipinski definition) is 2. The molecule has 2 heterocycles. The van der Waals surface area contributed by atoms with Crippen molar-refractivity contribution < 1.29 is 18.7 Å². The second-order valence-electron chi connectivity index (χ2n) is 7.07. The number of hydrogen-bond acceptors (Lipinski definition) is 5. The Morgan fingerprint density at radius 1 is 1.10 bits per heavy atom. The summed E-state index contributed by atoms with van der Waals surface area (Å²) in [6.45, 7) is 2.69. The maximum atomic E-state index is 12.7. The lowest BCUT2D eigenvalue weighted by atomic mass is 10.1. The lowest BCUT2D eigenvalue weighted by Gasteiger charge is -2.06. The number of rotatable bonds is 5. The van der Waals surface area contributed by atoms with Gasteiger partial charge in [-0.3, -0.25) is 20.4 Å². The quantitative estimate of drug-likeness (QED) is 0.482. The monoisotopic (exact) mass is 412 g/mol. The summed E-state index contributed by atoms with van der Waals surface area (Å²) in [5.74, 6) is -0.650. The maximum absolute atomic E-state index is 12.7. The average Bonchev–Trinajstić information content (AvgIpc) is 3.24. The van der Waals surface area contributed by atoms with E-state index in [1.807, 2.05) is 31.2 Å². The SMILES string of the molecule is CCOCc1c(C(=O)NNC(=O)c2cc3c(s2)CCCCC3)oc2ccccc12. The Morgan fingerprint density at radius 3 is 2.76 bits per heavy atom. The van der Waals surface area contributed by atoms with Crippen molar-refractivity contribution in [2.75, 3.05) is 6.61 Å². The summed E-state index contributed by atoms with van der Waals surface area (Å²) in [5.41, 5.74) is 7.56. The van der Waals surface area contributed by atoms with Crippen molar-refractivity contribution in [3.63, 3.8) is 0 Å². The number of carbonyl (C=O) groups excluding carboxylic acids is 2. The molecule has 2 N–H and O–H groups in total. The van der Waals surface area contributed by atoms with Gasteiger partial charge in [-0.1, -0.05) is 24.6 Å². The van der Waals surface area contributed by atoms with E-state index in [2.05, 4.69) is 10.9 Å². The van der Waals surface area contributed by atoms with Gasteiger partial charge < -0.3 is 9.15 Å². The van der Waals surface area contributed by atoms with Gasteiger partial charge in [0, 0.05) is 22.4 Å². The number of carbonyl (C=O) groups is 2. The minimum absolute atomic E-state index is 0.155. The highest BCUT2D eigenvalue weighted by Gasteiger charge is 2.22. The summed E-state index contributed by atoms with van der Waals surface area (Å²) in [5, 5.41) is 0.833. The molecule has 0 saturated heterocycles. The number of thiophene rings is 1. The van der Waals surface area contributed by atoms with Gasteiger partial charge in [0.05, 0.1) is 11.5 Å². The molecular weight excluding hydrogens is 388 g/mol. The molecule has 7 heteroatoms. The van der Waals surface area contributed by atoms with Crippen molar-refractivity contribution in [1.29, 1.82) is 0 Å². The third-order valence-electron chi connectivity index (χ3n) is 5.11. The van der Waals surface area contributed by atoms with Gasteiger partial charge in [0.1, 0.15) is 5.58 Å². The van der Waals surface area contributed by atoms with E-state index in [1.54, 1.807) is 6.07 Å². The number of hydrazine groups is 1. The molecule has 3 aromatic rings. The molecule has 0 atom stereocenters. The number of benzene rings is 1. The first kappa shape index (κ1) is 19.7. The Kier molecular flexibility index (Phi) is 5.97. The fraction of sp³-hybridized carbons (Fsp3) is 0.364. The minimum Gasteiger partial charge on any atom is -0.450 e. The van der Waals surface area contributed by atoms with E-state index in [0.717, 1.165) is 24.6 Å². The third-order valence-corrected chi connectivity index (χ3v) is 6.35. The smallest absolute Gasteiger partial charge is 0.305 e. The van der Waals surface area contributed by atoms with Gasteiger partial charge in [-0.2, -0.15) is 0 Å². The van der Waals surface area contributed by atoms with Crippen molar-refractivity contribution in [2.24, 2.45) is 0 Å². The van der Waals surface area contributed by atoms with Crippen molar-refractivity contribution in [3.8, 4) is 0 Å². The fourth-order valence-corrected chi connectivity index (χ4v) is 4.79. The van der Waals surface area contributed by atoms with Crippen LogP contribution in [0.4, 0.5) is 0 Å². The van der Waals surface area contributed by atoms with Crippen LogP contribution in [0.2, 0.25) is 0 Å². The first-order valence-electron chi connectivity index (χ1n) is 9.97.